The molecule has 0 aromatic heterocycles. The number of sulfone groups is 1. The molecule has 0 spiro atoms. The standard InChI is InChI=1S/C9H11ClO2S/c1-13(11,12)9(7-10)8-5-3-2-4-6-8/h2-6,9H,7H2,1H3. The third-order valence-corrected chi connectivity index (χ3v) is 3.79. The minimum Gasteiger partial charge on any atom is -0.228 e. The van der Waals surface area contributed by atoms with E-state index in [-0.39, 0.29) is 5.88 Å². The maximum absolute atomic E-state index is 11.3. The van der Waals surface area contributed by atoms with Crippen molar-refractivity contribution in [3.63, 3.8) is 0 Å². The van der Waals surface area contributed by atoms with E-state index < -0.39 is 15.1 Å². The Balaban J connectivity index is 3.06. The molecule has 0 amide bonds. The van der Waals surface area contributed by atoms with Crippen LogP contribution in [-0.2, 0) is 9.84 Å². The van der Waals surface area contributed by atoms with Gasteiger partial charge in [-0.1, -0.05) is 30.3 Å². The highest BCUT2D eigenvalue weighted by Crippen LogP contribution is 2.22. The van der Waals surface area contributed by atoms with E-state index in [0.29, 0.717) is 0 Å². The molecule has 1 unspecified atom stereocenters. The average molecular weight is 219 g/mol. The van der Waals surface area contributed by atoms with Gasteiger partial charge in [0.15, 0.2) is 9.84 Å². The van der Waals surface area contributed by atoms with Crippen LogP contribution < -0.4 is 0 Å². The summed E-state index contributed by atoms with van der Waals surface area (Å²) >= 11 is 5.61. The molecular formula is C9H11ClO2S. The maximum atomic E-state index is 11.3. The van der Waals surface area contributed by atoms with Crippen molar-refractivity contribution < 1.29 is 8.42 Å². The van der Waals surface area contributed by atoms with Crippen LogP contribution in [0.25, 0.3) is 0 Å². The predicted molar refractivity (Wildman–Crippen MR) is 54.7 cm³/mol. The third kappa shape index (κ3) is 2.71. The molecule has 1 rings (SSSR count). The Morgan fingerprint density at radius 3 is 2.23 bits per heavy atom. The molecule has 0 aliphatic carbocycles. The van der Waals surface area contributed by atoms with Gasteiger partial charge in [-0.3, -0.25) is 0 Å². The van der Waals surface area contributed by atoms with Crippen LogP contribution in [0.15, 0.2) is 30.3 Å². The molecule has 0 fully saturated rings. The molecule has 0 bridgehead atoms. The van der Waals surface area contributed by atoms with E-state index in [0.717, 1.165) is 5.56 Å². The van der Waals surface area contributed by atoms with Gasteiger partial charge in [0.05, 0.1) is 5.25 Å². The van der Waals surface area contributed by atoms with Crippen LogP contribution >= 0.6 is 11.6 Å². The van der Waals surface area contributed by atoms with Crippen LogP contribution in [0.1, 0.15) is 10.8 Å². The molecule has 4 heteroatoms. The minimum absolute atomic E-state index is 0.100. The molecule has 1 aromatic rings. The van der Waals surface area contributed by atoms with Crippen LogP contribution in [-0.4, -0.2) is 20.6 Å². The van der Waals surface area contributed by atoms with Gasteiger partial charge in [-0.2, -0.15) is 0 Å². The van der Waals surface area contributed by atoms with Crippen LogP contribution in [0, 0.1) is 0 Å². The lowest BCUT2D eigenvalue weighted by molar-refractivity contribution is 0.593. The molecule has 0 heterocycles. The maximum Gasteiger partial charge on any atom is 0.155 e. The number of hydrogen-bond acceptors (Lipinski definition) is 2. The lowest BCUT2D eigenvalue weighted by atomic mass is 10.2. The summed E-state index contributed by atoms with van der Waals surface area (Å²) < 4.78 is 22.6. The fourth-order valence-corrected chi connectivity index (χ4v) is 2.86. The van der Waals surface area contributed by atoms with Gasteiger partial charge in [-0.25, -0.2) is 8.42 Å². The third-order valence-electron chi connectivity index (χ3n) is 1.83. The molecule has 0 radical (unpaired) electrons. The second kappa shape index (κ2) is 4.11. The Labute approximate surface area is 83.5 Å². The number of alkyl halides is 1. The largest absolute Gasteiger partial charge is 0.228 e. The number of halogens is 1. The van der Waals surface area contributed by atoms with E-state index in [1.54, 1.807) is 24.3 Å². The number of benzene rings is 1. The summed E-state index contributed by atoms with van der Waals surface area (Å²) in [5, 5.41) is -0.588. The molecule has 0 aliphatic heterocycles. The van der Waals surface area contributed by atoms with E-state index in [1.165, 1.54) is 6.26 Å². The monoisotopic (exact) mass is 218 g/mol. The second-order valence-electron chi connectivity index (χ2n) is 2.88. The summed E-state index contributed by atoms with van der Waals surface area (Å²) in [7, 11) is -3.10. The Morgan fingerprint density at radius 1 is 1.31 bits per heavy atom. The topological polar surface area (TPSA) is 34.1 Å². The van der Waals surface area contributed by atoms with Crippen molar-refractivity contribution in [3.8, 4) is 0 Å². The average Bonchev–Trinajstić information content (AvgIpc) is 2.05. The normalized spacial score (nSPS) is 14.0. The Bertz CT molecular complexity index is 358. The number of hydrogen-bond donors (Lipinski definition) is 0. The minimum atomic E-state index is -3.10. The zero-order chi connectivity index (χ0) is 9.90. The van der Waals surface area contributed by atoms with Crippen LogP contribution in [0.5, 0.6) is 0 Å². The zero-order valence-electron chi connectivity index (χ0n) is 7.27. The smallest absolute Gasteiger partial charge is 0.155 e. The fourth-order valence-electron chi connectivity index (χ4n) is 1.12. The van der Waals surface area contributed by atoms with Gasteiger partial charge >= 0.3 is 0 Å². The first-order valence-electron chi connectivity index (χ1n) is 3.85. The summed E-state index contributed by atoms with van der Waals surface area (Å²) in [4.78, 5) is 0. The highest BCUT2D eigenvalue weighted by atomic mass is 35.5. The summed E-state index contributed by atoms with van der Waals surface area (Å²) in [5.74, 6) is 0.100. The molecule has 0 aliphatic rings. The summed E-state index contributed by atoms with van der Waals surface area (Å²) in [6, 6.07) is 9.00. The van der Waals surface area contributed by atoms with Gasteiger partial charge in [0, 0.05) is 12.1 Å². The first-order chi connectivity index (χ1) is 6.05. The zero-order valence-corrected chi connectivity index (χ0v) is 8.85. The van der Waals surface area contributed by atoms with Gasteiger partial charge in [0.2, 0.25) is 0 Å². The molecular weight excluding hydrogens is 208 g/mol. The van der Waals surface area contributed by atoms with Crippen LogP contribution in [0.2, 0.25) is 0 Å². The number of rotatable bonds is 3. The van der Waals surface area contributed by atoms with Crippen molar-refractivity contribution in [2.45, 2.75) is 5.25 Å². The molecule has 1 atom stereocenters. The fraction of sp³-hybridized carbons (Fsp3) is 0.333. The lowest BCUT2D eigenvalue weighted by Gasteiger charge is -2.11. The highest BCUT2D eigenvalue weighted by Gasteiger charge is 2.20. The molecule has 72 valence electrons. The van der Waals surface area contributed by atoms with E-state index in [9.17, 15) is 8.42 Å². The quantitative estimate of drug-likeness (QED) is 0.728. The Kier molecular flexibility index (Phi) is 3.33. The van der Waals surface area contributed by atoms with Crippen molar-refractivity contribution in [2.75, 3.05) is 12.1 Å². The van der Waals surface area contributed by atoms with E-state index in [1.807, 2.05) is 6.07 Å². The van der Waals surface area contributed by atoms with Gasteiger partial charge < -0.3 is 0 Å². The van der Waals surface area contributed by atoms with Crippen LogP contribution in [0.4, 0.5) is 0 Å². The second-order valence-corrected chi connectivity index (χ2v) is 5.42. The molecule has 0 saturated carbocycles. The summed E-state index contributed by atoms with van der Waals surface area (Å²) in [6.45, 7) is 0. The Morgan fingerprint density at radius 2 is 1.85 bits per heavy atom. The van der Waals surface area contributed by atoms with Gasteiger partial charge in [-0.15, -0.1) is 11.6 Å². The molecule has 0 N–H and O–H groups in total. The van der Waals surface area contributed by atoms with Crippen molar-refractivity contribution in [2.24, 2.45) is 0 Å². The van der Waals surface area contributed by atoms with E-state index >= 15 is 0 Å². The summed E-state index contributed by atoms with van der Waals surface area (Å²) in [5.41, 5.74) is 0.750. The van der Waals surface area contributed by atoms with Crippen molar-refractivity contribution in [3.05, 3.63) is 35.9 Å². The molecule has 1 aromatic carbocycles. The molecule has 13 heavy (non-hydrogen) atoms. The highest BCUT2D eigenvalue weighted by molar-refractivity contribution is 7.91. The predicted octanol–water partition coefficient (Wildman–Crippen LogP) is 2.01. The van der Waals surface area contributed by atoms with Crippen molar-refractivity contribution >= 4 is 21.4 Å². The van der Waals surface area contributed by atoms with Gasteiger partial charge in [0.1, 0.15) is 0 Å². The van der Waals surface area contributed by atoms with Gasteiger partial charge in [-0.05, 0) is 5.56 Å². The SMILES string of the molecule is CS(=O)(=O)C(CCl)c1ccccc1. The Hall–Kier alpha value is -0.540. The molecule has 0 saturated heterocycles. The summed E-state index contributed by atoms with van der Waals surface area (Å²) in [6.07, 6.45) is 1.20. The van der Waals surface area contributed by atoms with Crippen LogP contribution in [0.3, 0.4) is 0 Å². The first-order valence-corrected chi connectivity index (χ1v) is 6.34. The van der Waals surface area contributed by atoms with E-state index in [2.05, 4.69) is 0 Å². The van der Waals surface area contributed by atoms with E-state index in [4.69, 9.17) is 11.6 Å². The van der Waals surface area contributed by atoms with Gasteiger partial charge in [0.25, 0.3) is 0 Å². The first kappa shape index (κ1) is 10.5. The van der Waals surface area contributed by atoms with Crippen molar-refractivity contribution in [1.82, 2.24) is 0 Å². The lowest BCUT2D eigenvalue weighted by Crippen LogP contribution is -2.12. The van der Waals surface area contributed by atoms with Crippen molar-refractivity contribution in [1.29, 1.82) is 0 Å². The molecule has 2 nitrogen and oxygen atoms in total.